The quantitative estimate of drug-likeness (QED) is 0.257. The van der Waals surface area contributed by atoms with Crippen molar-refractivity contribution in [3.8, 4) is 0 Å². The van der Waals surface area contributed by atoms with Crippen molar-refractivity contribution in [1.82, 2.24) is 9.34 Å². The first-order chi connectivity index (χ1) is 11.8. The SMILES string of the molecule is CC(C)N(PN(C(C)C)C(C)C)C(C)C.[C-]#[O+].[C-]#[O+].[C-]#[O+].[C-]#[O+].[C-]#[O+].[Mo]. The summed E-state index contributed by atoms with van der Waals surface area (Å²) < 4.78 is 42.6. The molecule has 0 aliphatic carbocycles. The molecule has 0 radical (unpaired) electrons. The molecule has 0 aromatic rings. The van der Waals surface area contributed by atoms with Crippen LogP contribution >= 0.6 is 8.88 Å². The average Bonchev–Trinajstić information content (AvgIpc) is 2.62. The molecule has 0 aliphatic heterocycles. The van der Waals surface area contributed by atoms with E-state index >= 15 is 0 Å². The number of hydrogen-bond donors (Lipinski definition) is 0. The molecule has 0 atom stereocenters. The summed E-state index contributed by atoms with van der Waals surface area (Å²) in [5, 5.41) is 0. The Morgan fingerprint density at radius 3 is 0.654 bits per heavy atom. The van der Waals surface area contributed by atoms with E-state index in [9.17, 15) is 0 Å². The molecule has 26 heavy (non-hydrogen) atoms. The van der Waals surface area contributed by atoms with Crippen LogP contribution in [0, 0.1) is 33.3 Å². The maximum Gasteiger partial charge on any atom is 0 e. The molecule has 0 N–H and O–H groups in total. The minimum atomic E-state index is 0. The summed E-state index contributed by atoms with van der Waals surface area (Å²) in [5.74, 6) is 0. The number of hydrogen-bond acceptors (Lipinski definition) is 2. The van der Waals surface area contributed by atoms with Crippen molar-refractivity contribution in [2.45, 2.75) is 79.6 Å². The molecule has 0 bridgehead atoms. The van der Waals surface area contributed by atoms with Crippen molar-refractivity contribution in [1.29, 1.82) is 0 Å². The fourth-order valence-corrected chi connectivity index (χ4v) is 2.98. The molecular formula is C17H29MoN2O5P. The van der Waals surface area contributed by atoms with E-state index in [1.54, 1.807) is 0 Å². The zero-order chi connectivity index (χ0) is 22.2. The summed E-state index contributed by atoms with van der Waals surface area (Å²) in [5.41, 5.74) is 0. The summed E-state index contributed by atoms with van der Waals surface area (Å²) in [6, 6.07) is 2.51. The second-order valence-electron chi connectivity index (χ2n) is 5.29. The zero-order valence-electron chi connectivity index (χ0n) is 16.7. The van der Waals surface area contributed by atoms with Crippen molar-refractivity contribution in [2.75, 3.05) is 0 Å². The van der Waals surface area contributed by atoms with Gasteiger partial charge in [-0.15, -0.1) is 0 Å². The van der Waals surface area contributed by atoms with Crippen molar-refractivity contribution in [3.05, 3.63) is 33.3 Å². The van der Waals surface area contributed by atoms with Gasteiger partial charge in [0.2, 0.25) is 0 Å². The van der Waals surface area contributed by atoms with Gasteiger partial charge < -0.3 is 0 Å². The van der Waals surface area contributed by atoms with Gasteiger partial charge in [-0.25, -0.2) is 0 Å². The van der Waals surface area contributed by atoms with Gasteiger partial charge in [-0.1, -0.05) is 0 Å². The number of rotatable bonds is 6. The van der Waals surface area contributed by atoms with Gasteiger partial charge in [0.05, 0.1) is 0 Å². The van der Waals surface area contributed by atoms with E-state index < -0.39 is 0 Å². The standard InChI is InChI=1S/C12H29N2P.5CO.Mo/c1-9(2)13(10(3)4)15-14(11(5)6)12(7)8;5*1-2;/h9-12,15H,1-8H3;;;;;;. The van der Waals surface area contributed by atoms with Gasteiger partial charge in [0, 0.05) is 54.1 Å². The first-order valence-electron chi connectivity index (χ1n) is 7.12. The summed E-state index contributed by atoms with van der Waals surface area (Å²) in [4.78, 5) is 0. The van der Waals surface area contributed by atoms with E-state index in [1.165, 1.54) is 0 Å². The third kappa shape index (κ3) is 31.5. The van der Waals surface area contributed by atoms with Crippen LogP contribution in [-0.4, -0.2) is 33.5 Å². The van der Waals surface area contributed by atoms with Crippen LogP contribution in [0.4, 0.5) is 0 Å². The second-order valence-corrected chi connectivity index (χ2v) is 6.52. The van der Waals surface area contributed by atoms with Gasteiger partial charge in [0.15, 0.2) is 0 Å². The molecule has 0 aromatic carbocycles. The predicted molar refractivity (Wildman–Crippen MR) is 92.2 cm³/mol. The van der Waals surface area contributed by atoms with E-state index in [1.807, 2.05) is 0 Å². The molecule has 0 heterocycles. The summed E-state index contributed by atoms with van der Waals surface area (Å²) in [7, 11) is 0.802. The Bertz CT molecular complexity index is 284. The molecule has 148 valence electrons. The van der Waals surface area contributed by atoms with Gasteiger partial charge in [0.25, 0.3) is 0 Å². The van der Waals surface area contributed by atoms with Crippen LogP contribution in [0.15, 0.2) is 0 Å². The van der Waals surface area contributed by atoms with Gasteiger partial charge in [0.1, 0.15) is 0 Å². The fraction of sp³-hybridized carbons (Fsp3) is 0.706. The van der Waals surface area contributed by atoms with Crippen molar-refractivity contribution in [3.63, 3.8) is 0 Å². The van der Waals surface area contributed by atoms with Crippen LogP contribution in [0.5, 0.6) is 0 Å². The van der Waals surface area contributed by atoms with Gasteiger partial charge in [-0.3, -0.25) is 9.34 Å². The Morgan fingerprint density at radius 2 is 0.577 bits per heavy atom. The normalized spacial score (nSPS) is 8.00. The molecule has 0 aliphatic rings. The first kappa shape index (κ1) is 44.9. The van der Waals surface area contributed by atoms with E-state index in [0.29, 0.717) is 24.2 Å². The van der Waals surface area contributed by atoms with Crippen LogP contribution < -0.4 is 0 Å². The van der Waals surface area contributed by atoms with Gasteiger partial charge in [-0.2, -0.15) is 0 Å². The predicted octanol–water partition coefficient (Wildman–Crippen LogP) is 3.54. The van der Waals surface area contributed by atoms with Crippen LogP contribution in [0.1, 0.15) is 55.4 Å². The third-order valence-corrected chi connectivity index (χ3v) is 4.98. The summed E-state index contributed by atoms with van der Waals surface area (Å²) in [6.07, 6.45) is 0. The minimum Gasteiger partial charge on any atom is 0 e. The first-order valence-corrected chi connectivity index (χ1v) is 8.01. The van der Waals surface area contributed by atoms with Crippen LogP contribution in [0.2, 0.25) is 0 Å². The smallest absolute Gasteiger partial charge is 0 e. The Labute approximate surface area is 175 Å². The molecular weight excluding hydrogens is 439 g/mol. The molecule has 0 saturated heterocycles. The average molecular weight is 468 g/mol. The Kier molecular flexibility index (Phi) is 68.5. The summed E-state index contributed by atoms with van der Waals surface area (Å²) in [6.45, 7) is 40.8. The van der Waals surface area contributed by atoms with E-state index in [4.69, 9.17) is 23.3 Å². The van der Waals surface area contributed by atoms with Crippen LogP contribution in [0.25, 0.3) is 0 Å². The largest absolute Gasteiger partial charge is 0 e. The molecule has 7 nitrogen and oxygen atoms in total. The van der Waals surface area contributed by atoms with E-state index in [-0.39, 0.29) is 21.1 Å². The molecule has 0 rings (SSSR count). The third-order valence-electron chi connectivity index (χ3n) is 2.46. The molecule has 0 aromatic heterocycles. The van der Waals surface area contributed by atoms with Crippen molar-refractivity contribution < 1.29 is 44.3 Å². The Morgan fingerprint density at radius 1 is 0.462 bits per heavy atom. The number of nitrogens with zero attached hydrogens (tertiary/aromatic N) is 2. The zero-order valence-corrected chi connectivity index (χ0v) is 19.7. The molecule has 9 heteroatoms. The molecule has 0 unspecified atom stereocenters. The second kappa shape index (κ2) is 39.7. The molecule has 0 saturated carbocycles. The van der Waals surface area contributed by atoms with E-state index in [2.05, 4.69) is 98.0 Å². The van der Waals surface area contributed by atoms with Gasteiger partial charge >= 0.3 is 56.5 Å². The fourth-order valence-electron chi connectivity index (χ4n) is 1.79. The molecule has 0 spiro atoms. The van der Waals surface area contributed by atoms with Crippen LogP contribution in [0.3, 0.4) is 0 Å². The Balaban J connectivity index is -0.0000000563. The monoisotopic (exact) mass is 470 g/mol. The molecule has 0 fully saturated rings. The minimum absolute atomic E-state index is 0. The summed E-state index contributed by atoms with van der Waals surface area (Å²) >= 11 is 0. The Hall–Kier alpha value is -0.262. The van der Waals surface area contributed by atoms with Crippen molar-refractivity contribution >= 4 is 8.88 Å². The maximum absolute atomic E-state index is 7.50. The molecule has 0 amide bonds. The topological polar surface area (TPSA) is 106 Å². The maximum atomic E-state index is 7.50. The van der Waals surface area contributed by atoms with E-state index in [0.717, 1.165) is 8.88 Å². The van der Waals surface area contributed by atoms with Gasteiger partial charge in [-0.05, 0) is 55.4 Å². The van der Waals surface area contributed by atoms with Crippen LogP contribution in [-0.2, 0) is 44.3 Å². The van der Waals surface area contributed by atoms with Crippen molar-refractivity contribution in [2.24, 2.45) is 0 Å².